The Kier molecular flexibility index (Phi) is 33.5. The van der Waals surface area contributed by atoms with E-state index >= 15 is 0 Å². The number of carboxylic acid groups (broad SMARTS) is 4. The second-order valence-electron chi connectivity index (χ2n) is 15.2. The minimum absolute atomic E-state index is 0. The van der Waals surface area contributed by atoms with E-state index in [2.05, 4.69) is 72.4 Å². The van der Waals surface area contributed by atoms with Crippen molar-refractivity contribution in [2.24, 2.45) is 10.8 Å². The molecule has 0 amide bonds. The molecule has 0 aliphatic carbocycles. The predicted molar refractivity (Wildman–Crippen MR) is 248 cm³/mol. The van der Waals surface area contributed by atoms with Crippen LogP contribution in [-0.2, 0) is 38.7 Å². The van der Waals surface area contributed by atoms with E-state index in [1.165, 1.54) is 89.5 Å². The van der Waals surface area contributed by atoms with Crippen molar-refractivity contribution < 1.29 is 44.3 Å². The second kappa shape index (κ2) is 34.6. The van der Waals surface area contributed by atoms with Crippen LogP contribution >= 0.6 is 36.4 Å². The van der Waals surface area contributed by atoms with Crippen LogP contribution in [-0.4, -0.2) is 64.0 Å². The van der Waals surface area contributed by atoms with Crippen molar-refractivity contribution in [2.45, 2.75) is 144 Å². The Morgan fingerprint density at radius 2 is 0.967 bits per heavy atom. The van der Waals surface area contributed by atoms with Crippen molar-refractivity contribution in [3.8, 4) is 29.4 Å². The predicted octanol–water partition coefficient (Wildman–Crippen LogP) is 10.2. The van der Waals surface area contributed by atoms with E-state index in [1.54, 1.807) is 0 Å². The standard InChI is InChI=1S/C24H34ClNO5.C23H33NO4.2ClH/c1-3-4-5-6-7-8-11-16-31-21-13-12-19(17-20(21)25)18-26-15-10-9-14-24(2,22(27)28)23(29)30;1-3-4-5-6-7-8-11-19-12-14-20(15-13-19)18-24-17-10-9-16-23(2,21(25)26)22(27)28;;/h12-13,17,26H,3-8,11,14-16,18H2,1-2H3,(H,27,28)(H,29,30);12-15,24H,3-8,11,16-18H2,1-2H3,(H,25,26)(H,27,28);2*1H. The van der Waals surface area contributed by atoms with Gasteiger partial charge in [-0.1, -0.05) is 138 Å². The van der Waals surface area contributed by atoms with Gasteiger partial charge in [0, 0.05) is 25.9 Å². The Balaban J connectivity index is 0. The number of unbranched alkanes of at least 4 members (excludes halogenated alkanes) is 11. The third-order valence-corrected chi connectivity index (χ3v) is 10.2. The molecule has 0 bridgehead atoms. The Labute approximate surface area is 381 Å². The normalized spacial score (nSPS) is 10.6. The number of aliphatic carboxylic acids is 4. The van der Waals surface area contributed by atoms with Crippen LogP contribution in [0.4, 0.5) is 0 Å². The van der Waals surface area contributed by atoms with E-state index in [9.17, 15) is 19.2 Å². The quantitative estimate of drug-likeness (QED) is 0.0272. The van der Waals surface area contributed by atoms with Gasteiger partial charge in [-0.05, 0) is 61.9 Å². The van der Waals surface area contributed by atoms with Crippen LogP contribution in [0.5, 0.6) is 5.75 Å². The first kappa shape index (κ1) is 59.1. The number of benzene rings is 2. The molecule has 0 aromatic heterocycles. The summed E-state index contributed by atoms with van der Waals surface area (Å²) < 4.78 is 5.78. The number of ether oxygens (including phenoxy) is 1. The van der Waals surface area contributed by atoms with Gasteiger partial charge < -0.3 is 35.8 Å². The summed E-state index contributed by atoms with van der Waals surface area (Å²) >= 11 is 6.31. The minimum atomic E-state index is -1.90. The third-order valence-electron chi connectivity index (χ3n) is 9.95. The zero-order chi connectivity index (χ0) is 43.9. The number of aryl methyl sites for hydroxylation is 1. The summed E-state index contributed by atoms with van der Waals surface area (Å²) in [5.41, 5.74) is -0.268. The summed E-state index contributed by atoms with van der Waals surface area (Å²) in [7, 11) is 0. The van der Waals surface area contributed by atoms with Crippen LogP contribution in [0, 0.1) is 34.5 Å². The first-order chi connectivity index (χ1) is 28.2. The van der Waals surface area contributed by atoms with Crippen molar-refractivity contribution in [1.29, 1.82) is 0 Å². The van der Waals surface area contributed by atoms with Gasteiger partial charge in [-0.25, -0.2) is 0 Å². The van der Waals surface area contributed by atoms with Crippen molar-refractivity contribution in [3.63, 3.8) is 0 Å². The van der Waals surface area contributed by atoms with Gasteiger partial charge in [0.25, 0.3) is 0 Å². The van der Waals surface area contributed by atoms with E-state index in [4.69, 9.17) is 36.8 Å². The van der Waals surface area contributed by atoms with E-state index < -0.39 is 34.7 Å². The van der Waals surface area contributed by atoms with Gasteiger partial charge >= 0.3 is 23.9 Å². The Morgan fingerprint density at radius 1 is 0.574 bits per heavy atom. The molecule has 0 aliphatic heterocycles. The lowest BCUT2D eigenvalue weighted by molar-refractivity contribution is -0.164. The van der Waals surface area contributed by atoms with E-state index in [0.717, 1.165) is 30.9 Å². The molecular formula is C47H69Cl3N2O9. The molecule has 0 saturated carbocycles. The van der Waals surface area contributed by atoms with Crippen LogP contribution in [0.3, 0.4) is 0 Å². The zero-order valence-corrected chi connectivity index (χ0v) is 38.8. The summed E-state index contributed by atoms with van der Waals surface area (Å²) in [4.78, 5) is 44.3. The molecule has 14 heteroatoms. The largest absolute Gasteiger partial charge is 0.492 e. The Morgan fingerprint density at radius 3 is 1.41 bits per heavy atom. The number of carboxylic acids is 4. The summed E-state index contributed by atoms with van der Waals surface area (Å²) in [5, 5.41) is 42.9. The molecule has 6 N–H and O–H groups in total. The van der Waals surface area contributed by atoms with Crippen molar-refractivity contribution in [1.82, 2.24) is 10.6 Å². The molecule has 0 aliphatic rings. The summed E-state index contributed by atoms with van der Waals surface area (Å²) in [6.07, 6.45) is 17.1. The maximum Gasteiger partial charge on any atom is 0.321 e. The SMILES string of the molecule is CCCCCCCCCOc1ccc(CNCC#CCC(C)(C(=O)O)C(=O)O)cc1Cl.CCCCCCCCc1ccc(CNCC#CCC(C)(C(=O)O)C(=O)O)cc1.Cl.Cl. The molecule has 0 unspecified atom stereocenters. The number of rotatable bonds is 28. The summed E-state index contributed by atoms with van der Waals surface area (Å²) in [5.74, 6) is 5.97. The summed E-state index contributed by atoms with van der Waals surface area (Å²) in [6.45, 7) is 9.33. The van der Waals surface area contributed by atoms with Gasteiger partial charge in [-0.15, -0.1) is 36.7 Å². The van der Waals surface area contributed by atoms with Crippen LogP contribution in [0.2, 0.25) is 5.02 Å². The molecule has 342 valence electrons. The fourth-order valence-electron chi connectivity index (χ4n) is 5.57. The lowest BCUT2D eigenvalue weighted by atomic mass is 9.87. The number of hydrogen-bond acceptors (Lipinski definition) is 7. The van der Waals surface area contributed by atoms with Gasteiger partial charge in [0.2, 0.25) is 0 Å². The van der Waals surface area contributed by atoms with Gasteiger partial charge in [-0.2, -0.15) is 0 Å². The average Bonchev–Trinajstić information content (AvgIpc) is 3.20. The van der Waals surface area contributed by atoms with Gasteiger partial charge in [-0.3, -0.25) is 19.2 Å². The molecule has 0 spiro atoms. The number of halogens is 3. The van der Waals surface area contributed by atoms with Crippen molar-refractivity contribution in [3.05, 3.63) is 64.2 Å². The average molecular weight is 912 g/mol. The van der Waals surface area contributed by atoms with Crippen LogP contribution in [0.1, 0.15) is 141 Å². The van der Waals surface area contributed by atoms with Crippen LogP contribution in [0.15, 0.2) is 42.5 Å². The molecule has 61 heavy (non-hydrogen) atoms. The molecule has 0 atom stereocenters. The highest BCUT2D eigenvalue weighted by Crippen LogP contribution is 2.26. The molecule has 2 rings (SSSR count). The van der Waals surface area contributed by atoms with Gasteiger partial charge in [0.05, 0.1) is 24.7 Å². The molecule has 2 aromatic carbocycles. The fourth-order valence-corrected chi connectivity index (χ4v) is 5.83. The molecule has 0 heterocycles. The third kappa shape index (κ3) is 24.9. The van der Waals surface area contributed by atoms with E-state index in [1.807, 2.05) is 18.2 Å². The smallest absolute Gasteiger partial charge is 0.321 e. The number of hydrogen-bond donors (Lipinski definition) is 6. The Hall–Kier alpha value is -3.97. The monoisotopic (exact) mass is 910 g/mol. The lowest BCUT2D eigenvalue weighted by Crippen LogP contribution is -2.35. The second-order valence-corrected chi connectivity index (χ2v) is 15.6. The minimum Gasteiger partial charge on any atom is -0.492 e. The van der Waals surface area contributed by atoms with Crippen molar-refractivity contribution >= 4 is 60.3 Å². The van der Waals surface area contributed by atoms with Crippen molar-refractivity contribution in [2.75, 3.05) is 19.7 Å². The molecule has 0 fully saturated rings. The molecule has 11 nitrogen and oxygen atoms in total. The van der Waals surface area contributed by atoms with Crippen LogP contribution in [0.25, 0.3) is 0 Å². The molecule has 2 aromatic rings. The highest BCUT2D eigenvalue weighted by Gasteiger charge is 2.41. The molecule has 0 radical (unpaired) electrons. The first-order valence-electron chi connectivity index (χ1n) is 21.0. The first-order valence-corrected chi connectivity index (χ1v) is 21.3. The highest BCUT2D eigenvalue weighted by molar-refractivity contribution is 6.32. The van der Waals surface area contributed by atoms with Gasteiger partial charge in [0.1, 0.15) is 5.75 Å². The van der Waals surface area contributed by atoms with E-state index in [-0.39, 0.29) is 37.7 Å². The maximum absolute atomic E-state index is 11.1. The fraction of sp³-hybridized carbons (Fsp3) is 0.574. The van der Waals surface area contributed by atoms with Crippen LogP contribution < -0.4 is 15.4 Å². The summed E-state index contributed by atoms with van der Waals surface area (Å²) in [6, 6.07) is 14.2. The topological polar surface area (TPSA) is 182 Å². The van der Waals surface area contributed by atoms with E-state index in [0.29, 0.717) is 43.6 Å². The zero-order valence-electron chi connectivity index (χ0n) is 36.4. The highest BCUT2D eigenvalue weighted by atomic mass is 35.5. The lowest BCUT2D eigenvalue weighted by Gasteiger charge is -2.15. The van der Waals surface area contributed by atoms with Gasteiger partial charge in [0.15, 0.2) is 10.8 Å². The maximum atomic E-state index is 11.1. The number of carbonyl (C=O) groups is 4. The Bertz CT molecular complexity index is 1670. The number of nitrogens with one attached hydrogen (secondary N) is 2. The molecule has 0 saturated heterocycles. The molecular weight excluding hydrogens is 843 g/mol.